The van der Waals surface area contributed by atoms with Gasteiger partial charge in [0.25, 0.3) is 0 Å². The largest absolute Gasteiger partial charge is 0.352 e. The fourth-order valence-corrected chi connectivity index (χ4v) is 2.43. The zero-order valence-electron chi connectivity index (χ0n) is 12.6. The number of anilines is 1. The summed E-state index contributed by atoms with van der Waals surface area (Å²) in [6, 6.07) is 6.92. The van der Waals surface area contributed by atoms with E-state index in [-0.39, 0.29) is 5.91 Å². The number of carbonyl (C=O) groups excluding carboxylic acids is 2. The summed E-state index contributed by atoms with van der Waals surface area (Å²) in [6.07, 6.45) is 3.63. The summed E-state index contributed by atoms with van der Waals surface area (Å²) in [6.45, 7) is 0.319. The van der Waals surface area contributed by atoms with E-state index in [1.54, 1.807) is 18.5 Å². The number of hydrogen-bond donors (Lipinski definition) is 2. The molecular formula is C17H15F2N3O2. The van der Waals surface area contributed by atoms with Crippen LogP contribution in [0, 0.1) is 23.5 Å². The molecule has 2 N–H and O–H groups in total. The average molecular weight is 331 g/mol. The zero-order chi connectivity index (χ0) is 17.1. The third-order valence-corrected chi connectivity index (χ3v) is 3.86. The van der Waals surface area contributed by atoms with Crippen LogP contribution < -0.4 is 10.6 Å². The van der Waals surface area contributed by atoms with E-state index in [0.717, 1.165) is 17.7 Å². The quantitative estimate of drug-likeness (QED) is 0.883. The Hall–Kier alpha value is -2.83. The molecule has 1 aromatic carbocycles. The number of carbonyl (C=O) groups is 2. The van der Waals surface area contributed by atoms with Crippen LogP contribution in [0.15, 0.2) is 42.7 Å². The van der Waals surface area contributed by atoms with Crippen molar-refractivity contribution in [3.8, 4) is 0 Å². The standard InChI is InChI=1S/C17H15F2N3O2/c18-13-4-1-5-14(19)15(13)22-17(24)12-7-11(12)16(23)21-9-10-3-2-6-20-8-10/h1-6,8,11-12H,7,9H2,(H,21,23)(H,22,24). The monoisotopic (exact) mass is 331 g/mol. The average Bonchev–Trinajstić information content (AvgIpc) is 3.38. The summed E-state index contributed by atoms with van der Waals surface area (Å²) >= 11 is 0. The van der Waals surface area contributed by atoms with Gasteiger partial charge in [-0.2, -0.15) is 0 Å². The van der Waals surface area contributed by atoms with Gasteiger partial charge in [-0.1, -0.05) is 12.1 Å². The Morgan fingerprint density at radius 2 is 1.79 bits per heavy atom. The summed E-state index contributed by atoms with van der Waals surface area (Å²) in [5.74, 6) is -3.55. The van der Waals surface area contributed by atoms with Crippen molar-refractivity contribution in [1.82, 2.24) is 10.3 Å². The van der Waals surface area contributed by atoms with Crippen molar-refractivity contribution in [3.05, 3.63) is 59.9 Å². The normalized spacial score (nSPS) is 18.8. The van der Waals surface area contributed by atoms with Crippen LogP contribution in [-0.2, 0) is 16.1 Å². The van der Waals surface area contributed by atoms with Crippen molar-refractivity contribution in [3.63, 3.8) is 0 Å². The van der Waals surface area contributed by atoms with E-state index in [4.69, 9.17) is 0 Å². The second-order valence-corrected chi connectivity index (χ2v) is 5.61. The molecule has 2 unspecified atom stereocenters. The molecule has 1 saturated carbocycles. The topological polar surface area (TPSA) is 71.1 Å². The molecule has 0 bridgehead atoms. The lowest BCUT2D eigenvalue weighted by Gasteiger charge is -2.07. The van der Waals surface area contributed by atoms with Gasteiger partial charge in [0.2, 0.25) is 11.8 Å². The van der Waals surface area contributed by atoms with Gasteiger partial charge in [0.15, 0.2) is 0 Å². The van der Waals surface area contributed by atoms with Crippen LogP contribution in [0.5, 0.6) is 0 Å². The molecule has 1 heterocycles. The molecule has 0 saturated heterocycles. The highest BCUT2D eigenvalue weighted by atomic mass is 19.1. The van der Waals surface area contributed by atoms with Gasteiger partial charge in [-0.15, -0.1) is 0 Å². The molecular weight excluding hydrogens is 316 g/mol. The Bertz CT molecular complexity index is 747. The lowest BCUT2D eigenvalue weighted by Crippen LogP contribution is -2.27. The molecule has 5 nitrogen and oxygen atoms in total. The lowest BCUT2D eigenvalue weighted by molar-refractivity contribution is -0.125. The second kappa shape index (κ2) is 6.74. The Morgan fingerprint density at radius 3 is 2.46 bits per heavy atom. The second-order valence-electron chi connectivity index (χ2n) is 5.61. The number of nitrogens with one attached hydrogen (secondary N) is 2. The van der Waals surface area contributed by atoms with Gasteiger partial charge in [0.05, 0.1) is 11.8 Å². The number of benzene rings is 1. The molecule has 0 aliphatic heterocycles. The first-order valence-electron chi connectivity index (χ1n) is 7.47. The summed E-state index contributed by atoms with van der Waals surface area (Å²) in [4.78, 5) is 28.0. The molecule has 1 aliphatic rings. The van der Waals surface area contributed by atoms with Crippen LogP contribution in [0.4, 0.5) is 14.5 Å². The third-order valence-electron chi connectivity index (χ3n) is 3.86. The first kappa shape index (κ1) is 16.0. The molecule has 2 atom stereocenters. The minimum absolute atomic E-state index is 0.256. The molecule has 124 valence electrons. The molecule has 0 spiro atoms. The van der Waals surface area contributed by atoms with Gasteiger partial charge in [-0.05, 0) is 30.2 Å². The number of para-hydroxylation sites is 1. The van der Waals surface area contributed by atoms with Gasteiger partial charge in [-0.3, -0.25) is 14.6 Å². The van der Waals surface area contributed by atoms with Crippen molar-refractivity contribution in [1.29, 1.82) is 0 Å². The van der Waals surface area contributed by atoms with E-state index < -0.39 is 35.1 Å². The zero-order valence-corrected chi connectivity index (χ0v) is 12.6. The molecule has 1 aliphatic carbocycles. The number of aromatic nitrogens is 1. The predicted octanol–water partition coefficient (Wildman–Crippen LogP) is 2.25. The first-order valence-corrected chi connectivity index (χ1v) is 7.47. The summed E-state index contributed by atoms with van der Waals surface area (Å²) in [7, 11) is 0. The van der Waals surface area contributed by atoms with Gasteiger partial charge < -0.3 is 10.6 Å². The van der Waals surface area contributed by atoms with E-state index >= 15 is 0 Å². The van der Waals surface area contributed by atoms with E-state index in [1.165, 1.54) is 6.07 Å². The SMILES string of the molecule is O=C(NCc1cccnc1)C1CC1C(=O)Nc1c(F)cccc1F. The maximum absolute atomic E-state index is 13.5. The minimum atomic E-state index is -0.846. The molecule has 1 aromatic heterocycles. The van der Waals surface area contributed by atoms with Crippen LogP contribution in [0.3, 0.4) is 0 Å². The van der Waals surface area contributed by atoms with Gasteiger partial charge >= 0.3 is 0 Å². The van der Waals surface area contributed by atoms with E-state index in [9.17, 15) is 18.4 Å². The smallest absolute Gasteiger partial charge is 0.228 e. The molecule has 2 aromatic rings. The maximum Gasteiger partial charge on any atom is 0.228 e. The number of hydrogen-bond acceptors (Lipinski definition) is 3. The van der Waals surface area contributed by atoms with Gasteiger partial charge in [-0.25, -0.2) is 8.78 Å². The van der Waals surface area contributed by atoms with Crippen molar-refractivity contribution in [2.75, 3.05) is 5.32 Å². The molecule has 3 rings (SSSR count). The molecule has 24 heavy (non-hydrogen) atoms. The summed E-state index contributed by atoms with van der Waals surface area (Å²) in [5.41, 5.74) is 0.366. The van der Waals surface area contributed by atoms with Crippen molar-refractivity contribution >= 4 is 17.5 Å². The van der Waals surface area contributed by atoms with Crippen LogP contribution in [0.25, 0.3) is 0 Å². The van der Waals surface area contributed by atoms with Crippen LogP contribution >= 0.6 is 0 Å². The summed E-state index contributed by atoms with van der Waals surface area (Å²) in [5, 5.41) is 4.95. The number of pyridine rings is 1. The van der Waals surface area contributed by atoms with Gasteiger partial charge in [0.1, 0.15) is 17.3 Å². The van der Waals surface area contributed by atoms with Crippen molar-refractivity contribution in [2.45, 2.75) is 13.0 Å². The van der Waals surface area contributed by atoms with Crippen LogP contribution in [-0.4, -0.2) is 16.8 Å². The Morgan fingerprint density at radius 1 is 1.08 bits per heavy atom. The molecule has 0 radical (unpaired) electrons. The van der Waals surface area contributed by atoms with Crippen molar-refractivity contribution in [2.24, 2.45) is 11.8 Å². The number of rotatable bonds is 5. The molecule has 7 heteroatoms. The number of halogens is 2. The predicted molar refractivity (Wildman–Crippen MR) is 82.7 cm³/mol. The Labute approximate surface area is 137 Å². The molecule has 1 fully saturated rings. The fourth-order valence-electron chi connectivity index (χ4n) is 2.43. The van der Waals surface area contributed by atoms with Crippen LogP contribution in [0.2, 0.25) is 0 Å². The minimum Gasteiger partial charge on any atom is -0.352 e. The van der Waals surface area contributed by atoms with Crippen LogP contribution in [0.1, 0.15) is 12.0 Å². The first-order chi connectivity index (χ1) is 11.6. The van der Waals surface area contributed by atoms with Crippen molar-refractivity contribution < 1.29 is 18.4 Å². The number of nitrogens with zero attached hydrogens (tertiary/aromatic N) is 1. The Balaban J connectivity index is 1.53. The van der Waals surface area contributed by atoms with E-state index in [2.05, 4.69) is 15.6 Å². The third kappa shape index (κ3) is 3.56. The fraction of sp³-hybridized carbons (Fsp3) is 0.235. The maximum atomic E-state index is 13.5. The summed E-state index contributed by atoms with van der Waals surface area (Å²) < 4.78 is 27.0. The Kier molecular flexibility index (Phi) is 4.50. The van der Waals surface area contributed by atoms with E-state index in [1.807, 2.05) is 6.07 Å². The van der Waals surface area contributed by atoms with Gasteiger partial charge in [0, 0.05) is 18.9 Å². The highest BCUT2D eigenvalue weighted by Gasteiger charge is 2.48. The highest BCUT2D eigenvalue weighted by molar-refractivity contribution is 5.99. The lowest BCUT2D eigenvalue weighted by atomic mass is 10.2. The van der Waals surface area contributed by atoms with E-state index in [0.29, 0.717) is 13.0 Å². The highest BCUT2D eigenvalue weighted by Crippen LogP contribution is 2.39. The molecule has 2 amide bonds. The number of amides is 2.